The summed E-state index contributed by atoms with van der Waals surface area (Å²) in [5.74, 6) is 0. The summed E-state index contributed by atoms with van der Waals surface area (Å²) in [5.41, 5.74) is 0. The molecule has 0 unspecified atom stereocenters. The van der Waals surface area contributed by atoms with Crippen molar-refractivity contribution in [1.29, 1.82) is 0 Å². The molecular formula is C6H19KN3OP. The molecule has 0 atom stereocenters. The molecular weight excluding hydrogens is 200 g/mol. The van der Waals surface area contributed by atoms with E-state index < -0.39 is 7.59 Å². The normalized spacial score (nSPS) is 12.4. The van der Waals surface area contributed by atoms with Crippen LogP contribution in [0, 0.1) is 0 Å². The van der Waals surface area contributed by atoms with Gasteiger partial charge in [-0.1, -0.05) is 0 Å². The zero-order chi connectivity index (χ0) is 9.23. The van der Waals surface area contributed by atoms with Crippen molar-refractivity contribution in [3.63, 3.8) is 0 Å². The Morgan fingerprint density at radius 1 is 0.750 bits per heavy atom. The van der Waals surface area contributed by atoms with Gasteiger partial charge in [-0.05, 0) is 42.3 Å². The van der Waals surface area contributed by atoms with E-state index in [0.717, 1.165) is 0 Å². The van der Waals surface area contributed by atoms with Gasteiger partial charge in [0.1, 0.15) is 0 Å². The SMILES string of the molecule is CN(C)P(=O)(N(C)C)N(C)C.[KH]. The zero-order valence-electron chi connectivity index (χ0n) is 8.20. The predicted octanol–water partition coefficient (Wildman–Crippen LogP) is 0.131. The van der Waals surface area contributed by atoms with Gasteiger partial charge in [-0.2, -0.15) is 0 Å². The minimum atomic E-state index is -2.44. The van der Waals surface area contributed by atoms with Crippen molar-refractivity contribution in [2.75, 3.05) is 42.3 Å². The van der Waals surface area contributed by atoms with E-state index in [4.69, 9.17) is 0 Å². The molecule has 70 valence electrons. The quantitative estimate of drug-likeness (QED) is 0.498. The van der Waals surface area contributed by atoms with Crippen molar-refractivity contribution < 1.29 is 4.57 Å². The fourth-order valence-electron chi connectivity index (χ4n) is 1.07. The third kappa shape index (κ3) is 3.48. The Hall–Kier alpha value is 1.75. The summed E-state index contributed by atoms with van der Waals surface area (Å²) in [7, 11) is 8.49. The molecule has 0 spiro atoms. The summed E-state index contributed by atoms with van der Waals surface area (Å²) in [6.45, 7) is 0. The molecule has 0 heterocycles. The van der Waals surface area contributed by atoms with Crippen LogP contribution in [-0.4, -0.2) is 108 Å². The molecule has 0 aromatic carbocycles. The van der Waals surface area contributed by atoms with Gasteiger partial charge in [-0.25, -0.2) is 14.0 Å². The van der Waals surface area contributed by atoms with E-state index in [2.05, 4.69) is 0 Å². The van der Waals surface area contributed by atoms with Crippen LogP contribution in [0.1, 0.15) is 0 Å². The maximum absolute atomic E-state index is 12.1. The van der Waals surface area contributed by atoms with Crippen LogP contribution in [0.3, 0.4) is 0 Å². The van der Waals surface area contributed by atoms with Crippen molar-refractivity contribution >= 4 is 59.0 Å². The second-order valence-corrected chi connectivity index (χ2v) is 6.48. The molecule has 0 aromatic rings. The van der Waals surface area contributed by atoms with Crippen LogP contribution in [0.2, 0.25) is 0 Å². The molecule has 0 aliphatic rings. The Kier molecular flexibility index (Phi) is 8.46. The van der Waals surface area contributed by atoms with Gasteiger partial charge >= 0.3 is 51.4 Å². The first-order valence-electron chi connectivity index (χ1n) is 3.47. The minimum absolute atomic E-state index is 0. The van der Waals surface area contributed by atoms with E-state index in [-0.39, 0.29) is 51.4 Å². The molecule has 0 radical (unpaired) electrons. The fourth-order valence-corrected chi connectivity index (χ4v) is 3.22. The Morgan fingerprint density at radius 3 is 0.917 bits per heavy atom. The Bertz CT molecular complexity index is 144. The molecule has 0 aliphatic carbocycles. The Labute approximate surface area is 118 Å². The summed E-state index contributed by atoms with van der Waals surface area (Å²) in [6.07, 6.45) is 0. The van der Waals surface area contributed by atoms with Gasteiger partial charge in [0.15, 0.2) is 0 Å². The molecule has 0 N–H and O–H groups in total. The average molecular weight is 219 g/mol. The number of hydrogen-bond donors (Lipinski definition) is 0. The molecule has 0 aliphatic heterocycles. The van der Waals surface area contributed by atoms with Gasteiger partial charge in [-0.3, -0.25) is 4.57 Å². The van der Waals surface area contributed by atoms with Crippen molar-refractivity contribution in [3.05, 3.63) is 0 Å². The van der Waals surface area contributed by atoms with Crippen molar-refractivity contribution in [2.45, 2.75) is 0 Å². The van der Waals surface area contributed by atoms with Gasteiger partial charge in [0.25, 0.3) is 7.59 Å². The van der Waals surface area contributed by atoms with Gasteiger partial charge in [0.2, 0.25) is 0 Å². The topological polar surface area (TPSA) is 26.8 Å². The van der Waals surface area contributed by atoms with E-state index in [1.807, 2.05) is 42.3 Å². The van der Waals surface area contributed by atoms with Crippen molar-refractivity contribution in [1.82, 2.24) is 14.0 Å². The monoisotopic (exact) mass is 219 g/mol. The molecule has 0 saturated carbocycles. The fraction of sp³-hybridized carbons (Fsp3) is 1.00. The standard InChI is InChI=1S/C6H18N3OP.K.H/c1-7(2)11(10,8(3)4)9(5)6;;/h1-6H3;;. The third-order valence-corrected chi connectivity index (χ3v) is 4.69. The summed E-state index contributed by atoms with van der Waals surface area (Å²) >= 11 is 0. The van der Waals surface area contributed by atoms with Crippen LogP contribution in [-0.2, 0) is 4.57 Å². The van der Waals surface area contributed by atoms with E-state index in [1.54, 1.807) is 14.0 Å². The Morgan fingerprint density at radius 2 is 0.917 bits per heavy atom. The number of hydrogen-bond acceptors (Lipinski definition) is 1. The molecule has 6 heteroatoms. The van der Waals surface area contributed by atoms with Gasteiger partial charge < -0.3 is 0 Å². The van der Waals surface area contributed by atoms with Gasteiger partial charge in [0.05, 0.1) is 0 Å². The van der Waals surface area contributed by atoms with Gasteiger partial charge in [0, 0.05) is 0 Å². The number of rotatable bonds is 3. The van der Waals surface area contributed by atoms with Crippen LogP contribution in [0.5, 0.6) is 0 Å². The van der Waals surface area contributed by atoms with E-state index in [1.165, 1.54) is 0 Å². The average Bonchev–Trinajstić information content (AvgIpc) is 1.84. The van der Waals surface area contributed by atoms with Crippen LogP contribution in [0.15, 0.2) is 0 Å². The van der Waals surface area contributed by atoms with Gasteiger partial charge in [-0.15, -0.1) is 0 Å². The first-order chi connectivity index (χ1) is 4.83. The van der Waals surface area contributed by atoms with Crippen molar-refractivity contribution in [2.24, 2.45) is 0 Å². The molecule has 4 nitrogen and oxygen atoms in total. The molecule has 0 bridgehead atoms. The number of nitrogens with zero attached hydrogens (tertiary/aromatic N) is 3. The van der Waals surface area contributed by atoms with Crippen molar-refractivity contribution in [3.8, 4) is 0 Å². The second-order valence-electron chi connectivity index (χ2n) is 3.05. The molecule has 0 aromatic heterocycles. The van der Waals surface area contributed by atoms with Crippen LogP contribution < -0.4 is 0 Å². The molecule has 0 rings (SSSR count). The summed E-state index contributed by atoms with van der Waals surface area (Å²) in [4.78, 5) is 0. The van der Waals surface area contributed by atoms with Crippen LogP contribution in [0.25, 0.3) is 0 Å². The Balaban J connectivity index is 0. The molecule has 0 amide bonds. The van der Waals surface area contributed by atoms with E-state index in [0.29, 0.717) is 0 Å². The zero-order valence-corrected chi connectivity index (χ0v) is 9.09. The van der Waals surface area contributed by atoms with E-state index in [9.17, 15) is 4.57 Å². The first-order valence-corrected chi connectivity index (χ1v) is 5.03. The van der Waals surface area contributed by atoms with E-state index >= 15 is 0 Å². The molecule has 0 fully saturated rings. The summed E-state index contributed by atoms with van der Waals surface area (Å²) in [6, 6.07) is 0. The molecule has 12 heavy (non-hydrogen) atoms. The predicted molar refractivity (Wildman–Crippen MR) is 55.8 cm³/mol. The third-order valence-electron chi connectivity index (χ3n) is 1.56. The second kappa shape index (κ2) is 6.27. The molecule has 0 saturated heterocycles. The van der Waals surface area contributed by atoms with Crippen LogP contribution >= 0.6 is 7.59 Å². The maximum atomic E-state index is 12.1. The first kappa shape index (κ1) is 16.2. The van der Waals surface area contributed by atoms with Crippen LogP contribution in [0.4, 0.5) is 0 Å². The summed E-state index contributed by atoms with van der Waals surface area (Å²) < 4.78 is 17.3. The summed E-state index contributed by atoms with van der Waals surface area (Å²) in [5, 5.41) is 0.